The zero-order valence-electron chi connectivity index (χ0n) is 14.0. The van der Waals surface area contributed by atoms with Crippen molar-refractivity contribution in [1.29, 1.82) is 0 Å². The minimum Gasteiger partial charge on any atom is -0.482 e. The second-order valence-electron chi connectivity index (χ2n) is 6.86. The van der Waals surface area contributed by atoms with Crippen LogP contribution in [-0.4, -0.2) is 35.1 Å². The van der Waals surface area contributed by atoms with Crippen molar-refractivity contribution in [2.45, 2.75) is 18.9 Å². The molecule has 1 aromatic carbocycles. The van der Waals surface area contributed by atoms with Crippen molar-refractivity contribution in [2.24, 2.45) is 5.92 Å². The van der Waals surface area contributed by atoms with Crippen LogP contribution in [0.5, 0.6) is 5.75 Å². The van der Waals surface area contributed by atoms with E-state index in [1.807, 2.05) is 15.5 Å². The van der Waals surface area contributed by atoms with Crippen LogP contribution in [0.3, 0.4) is 0 Å². The lowest BCUT2D eigenvalue weighted by Crippen LogP contribution is -2.50. The summed E-state index contributed by atoms with van der Waals surface area (Å²) in [6.07, 6.45) is 1.01. The molecule has 5 nitrogen and oxygen atoms in total. The van der Waals surface area contributed by atoms with Gasteiger partial charge >= 0.3 is 0 Å². The van der Waals surface area contributed by atoms with E-state index in [1.54, 1.807) is 30.3 Å². The van der Waals surface area contributed by atoms with Crippen LogP contribution >= 0.6 is 23.2 Å². The van der Waals surface area contributed by atoms with Gasteiger partial charge in [-0.25, -0.2) is 0 Å². The molecular formula is C19H18Cl2N2O3. The highest BCUT2D eigenvalue weighted by atomic mass is 35.5. The highest BCUT2D eigenvalue weighted by Gasteiger charge is 2.36. The molecule has 1 fully saturated rings. The Bertz CT molecular complexity index is 912. The number of halogens is 2. The minimum atomic E-state index is -0.0718. The van der Waals surface area contributed by atoms with Gasteiger partial charge in [0.25, 0.3) is 11.5 Å². The van der Waals surface area contributed by atoms with Gasteiger partial charge in [-0.15, -0.1) is 0 Å². The number of hydrogen-bond donors (Lipinski definition) is 0. The van der Waals surface area contributed by atoms with E-state index < -0.39 is 0 Å². The fraction of sp³-hybridized carbons (Fsp3) is 0.368. The third-order valence-corrected chi connectivity index (χ3v) is 5.61. The number of fused-ring (bicyclic) bond motifs is 4. The molecule has 26 heavy (non-hydrogen) atoms. The first-order valence-corrected chi connectivity index (χ1v) is 9.32. The Hall–Kier alpha value is -1.98. The fourth-order valence-corrected chi connectivity index (χ4v) is 4.39. The Morgan fingerprint density at radius 1 is 1.15 bits per heavy atom. The summed E-state index contributed by atoms with van der Waals surface area (Å²) in [5, 5.41) is 0.903. The van der Waals surface area contributed by atoms with E-state index in [-0.39, 0.29) is 24.0 Å². The van der Waals surface area contributed by atoms with Gasteiger partial charge in [0.2, 0.25) is 0 Å². The van der Waals surface area contributed by atoms with E-state index >= 15 is 0 Å². The molecule has 0 aliphatic carbocycles. The van der Waals surface area contributed by atoms with Gasteiger partial charge in [-0.3, -0.25) is 9.59 Å². The van der Waals surface area contributed by atoms with Crippen molar-refractivity contribution >= 4 is 29.1 Å². The quantitative estimate of drug-likeness (QED) is 0.805. The largest absolute Gasteiger partial charge is 0.482 e. The SMILES string of the molecule is O=C(COc1ccc(Cl)cc1Cl)N1CC2CC(C1)c1cccc(=O)n1C2. The first kappa shape index (κ1) is 17.4. The third-order valence-electron chi connectivity index (χ3n) is 5.08. The molecule has 1 amide bonds. The monoisotopic (exact) mass is 392 g/mol. The summed E-state index contributed by atoms with van der Waals surface area (Å²) >= 11 is 11.9. The number of hydrogen-bond acceptors (Lipinski definition) is 3. The molecular weight excluding hydrogens is 375 g/mol. The van der Waals surface area contributed by atoms with E-state index in [4.69, 9.17) is 27.9 Å². The second kappa shape index (κ2) is 6.97. The molecule has 4 rings (SSSR count). The van der Waals surface area contributed by atoms with Gasteiger partial charge in [-0.05, 0) is 36.6 Å². The number of ether oxygens (including phenoxy) is 1. The van der Waals surface area contributed by atoms with Gasteiger partial charge in [0.05, 0.1) is 5.02 Å². The Morgan fingerprint density at radius 2 is 2.00 bits per heavy atom. The Kier molecular flexibility index (Phi) is 4.67. The summed E-state index contributed by atoms with van der Waals surface area (Å²) in [4.78, 5) is 26.5. The Labute approximate surface area is 161 Å². The number of carbonyl (C=O) groups is 1. The Morgan fingerprint density at radius 3 is 2.81 bits per heavy atom. The molecule has 2 bridgehead atoms. The molecule has 7 heteroatoms. The van der Waals surface area contributed by atoms with Gasteiger partial charge < -0.3 is 14.2 Å². The van der Waals surface area contributed by atoms with E-state index in [1.165, 1.54) is 0 Å². The molecule has 2 aromatic rings. The van der Waals surface area contributed by atoms with Crippen LogP contribution in [0.15, 0.2) is 41.2 Å². The molecule has 1 saturated heterocycles. The summed E-state index contributed by atoms with van der Waals surface area (Å²) in [6.45, 7) is 1.85. The molecule has 0 N–H and O–H groups in total. The standard InChI is InChI=1S/C19H18Cl2N2O3/c20-14-4-5-17(15(21)7-14)26-11-19(25)22-8-12-6-13(10-22)16-2-1-3-18(24)23(16)9-12/h1-5,7,12-13H,6,8-11H2. The van der Waals surface area contributed by atoms with Crippen LogP contribution in [0.4, 0.5) is 0 Å². The third kappa shape index (κ3) is 3.33. The van der Waals surface area contributed by atoms with Gasteiger partial charge in [0.15, 0.2) is 6.61 Å². The number of nitrogens with zero attached hydrogens (tertiary/aromatic N) is 2. The van der Waals surface area contributed by atoms with Crippen LogP contribution in [0, 0.1) is 5.92 Å². The lowest BCUT2D eigenvalue weighted by molar-refractivity contribution is -0.136. The van der Waals surface area contributed by atoms with Gasteiger partial charge in [-0.2, -0.15) is 0 Å². The first-order valence-electron chi connectivity index (χ1n) is 8.56. The number of likely N-dealkylation sites (tertiary alicyclic amines) is 1. The lowest BCUT2D eigenvalue weighted by Gasteiger charge is -2.42. The number of rotatable bonds is 3. The normalized spacial score (nSPS) is 21.2. The first-order chi connectivity index (χ1) is 12.5. The summed E-state index contributed by atoms with van der Waals surface area (Å²) in [5.74, 6) is 0.861. The maximum atomic E-state index is 12.6. The van der Waals surface area contributed by atoms with Gasteiger partial charge in [0, 0.05) is 42.3 Å². The molecule has 2 unspecified atom stereocenters. The van der Waals surface area contributed by atoms with Gasteiger partial charge in [0.1, 0.15) is 5.75 Å². The molecule has 0 saturated carbocycles. The van der Waals surface area contributed by atoms with Crippen LogP contribution in [0.2, 0.25) is 10.0 Å². The number of piperidine rings is 1. The highest BCUT2D eigenvalue weighted by molar-refractivity contribution is 6.35. The maximum absolute atomic E-state index is 12.6. The highest BCUT2D eigenvalue weighted by Crippen LogP contribution is 2.35. The van der Waals surface area contributed by atoms with Crippen LogP contribution in [0.1, 0.15) is 18.0 Å². The van der Waals surface area contributed by atoms with E-state index in [0.29, 0.717) is 41.3 Å². The topological polar surface area (TPSA) is 51.5 Å². The van der Waals surface area contributed by atoms with Crippen molar-refractivity contribution in [3.05, 3.63) is 62.5 Å². The zero-order valence-corrected chi connectivity index (χ0v) is 15.5. The minimum absolute atomic E-state index is 0.0395. The van der Waals surface area contributed by atoms with Crippen molar-refractivity contribution in [3.63, 3.8) is 0 Å². The lowest BCUT2D eigenvalue weighted by atomic mass is 9.83. The zero-order chi connectivity index (χ0) is 18.3. The van der Waals surface area contributed by atoms with Crippen LogP contribution < -0.4 is 10.3 Å². The van der Waals surface area contributed by atoms with Crippen molar-refractivity contribution in [1.82, 2.24) is 9.47 Å². The number of pyridine rings is 1. The molecule has 0 spiro atoms. The van der Waals surface area contributed by atoms with Crippen molar-refractivity contribution < 1.29 is 9.53 Å². The predicted molar refractivity (Wildman–Crippen MR) is 100 cm³/mol. The number of carbonyl (C=O) groups excluding carboxylic acids is 1. The van der Waals surface area contributed by atoms with E-state index in [9.17, 15) is 9.59 Å². The average molecular weight is 393 g/mol. The molecule has 2 aliphatic rings. The van der Waals surface area contributed by atoms with Gasteiger partial charge in [-0.1, -0.05) is 29.3 Å². The summed E-state index contributed by atoms with van der Waals surface area (Å²) < 4.78 is 7.43. The summed E-state index contributed by atoms with van der Waals surface area (Å²) in [5.41, 5.74) is 1.06. The predicted octanol–water partition coefficient (Wildman–Crippen LogP) is 3.18. The molecule has 0 radical (unpaired) electrons. The van der Waals surface area contributed by atoms with Crippen molar-refractivity contribution in [3.8, 4) is 5.75 Å². The fourth-order valence-electron chi connectivity index (χ4n) is 3.92. The summed E-state index contributed by atoms with van der Waals surface area (Å²) in [6, 6.07) is 10.3. The molecule has 136 valence electrons. The van der Waals surface area contributed by atoms with Crippen LogP contribution in [0.25, 0.3) is 0 Å². The smallest absolute Gasteiger partial charge is 0.260 e. The van der Waals surface area contributed by atoms with Crippen molar-refractivity contribution in [2.75, 3.05) is 19.7 Å². The number of benzene rings is 1. The second-order valence-corrected chi connectivity index (χ2v) is 7.70. The molecule has 2 atom stereocenters. The Balaban J connectivity index is 1.45. The summed E-state index contributed by atoms with van der Waals surface area (Å²) in [7, 11) is 0. The van der Waals surface area contributed by atoms with E-state index in [2.05, 4.69) is 0 Å². The number of amides is 1. The maximum Gasteiger partial charge on any atom is 0.260 e. The average Bonchev–Trinajstić information content (AvgIpc) is 2.61. The molecule has 1 aromatic heterocycles. The van der Waals surface area contributed by atoms with Crippen LogP contribution in [-0.2, 0) is 11.3 Å². The molecule has 3 heterocycles. The number of aromatic nitrogens is 1. The molecule has 2 aliphatic heterocycles. The van der Waals surface area contributed by atoms with E-state index in [0.717, 1.165) is 12.1 Å².